The van der Waals surface area contributed by atoms with E-state index in [0.29, 0.717) is 0 Å². The summed E-state index contributed by atoms with van der Waals surface area (Å²) in [5, 5.41) is 10.5. The molecule has 7 aromatic carbocycles. The van der Waals surface area contributed by atoms with Gasteiger partial charge >= 0.3 is 0 Å². The molecule has 188 valence electrons. The van der Waals surface area contributed by atoms with Crippen LogP contribution < -0.4 is 0 Å². The van der Waals surface area contributed by atoms with E-state index in [1.165, 1.54) is 76.5 Å². The van der Waals surface area contributed by atoms with Crippen LogP contribution in [-0.4, -0.2) is 0 Å². The molecular formula is C40H28. The monoisotopic (exact) mass is 508 g/mol. The summed E-state index contributed by atoms with van der Waals surface area (Å²) < 4.78 is 0. The maximum absolute atomic E-state index is 2.38. The normalized spacial score (nSPS) is 13.6. The molecule has 0 saturated carbocycles. The predicted octanol–water partition coefficient (Wildman–Crippen LogP) is 11.2. The van der Waals surface area contributed by atoms with E-state index in [0.717, 1.165) is 12.8 Å². The van der Waals surface area contributed by atoms with E-state index >= 15 is 0 Å². The fourth-order valence-electron chi connectivity index (χ4n) is 6.71. The maximum atomic E-state index is 2.38. The van der Waals surface area contributed by atoms with Crippen molar-refractivity contribution in [2.45, 2.75) is 12.8 Å². The average molecular weight is 509 g/mol. The van der Waals surface area contributed by atoms with Crippen LogP contribution in [0, 0.1) is 0 Å². The van der Waals surface area contributed by atoms with Gasteiger partial charge in [-0.25, -0.2) is 0 Å². The van der Waals surface area contributed by atoms with Crippen LogP contribution in [0.5, 0.6) is 0 Å². The van der Waals surface area contributed by atoms with Crippen molar-refractivity contribution in [3.05, 3.63) is 157 Å². The van der Waals surface area contributed by atoms with Crippen molar-refractivity contribution < 1.29 is 0 Å². The topological polar surface area (TPSA) is 0 Å². The van der Waals surface area contributed by atoms with Gasteiger partial charge in [-0.15, -0.1) is 0 Å². The summed E-state index contributed by atoms with van der Waals surface area (Å²) in [5.74, 6) is 0. The number of rotatable bonds is 3. The molecule has 0 heterocycles. The van der Waals surface area contributed by atoms with Crippen molar-refractivity contribution in [1.82, 2.24) is 0 Å². The summed E-state index contributed by atoms with van der Waals surface area (Å²) in [6.07, 6.45) is 6.80. The Morgan fingerprint density at radius 3 is 1.55 bits per heavy atom. The molecule has 1 aliphatic carbocycles. The lowest BCUT2D eigenvalue weighted by molar-refractivity contribution is 1.08. The third kappa shape index (κ3) is 3.68. The highest BCUT2D eigenvalue weighted by atomic mass is 14.2. The van der Waals surface area contributed by atoms with E-state index in [9.17, 15) is 0 Å². The van der Waals surface area contributed by atoms with E-state index in [4.69, 9.17) is 0 Å². The van der Waals surface area contributed by atoms with E-state index in [1.54, 1.807) is 0 Å². The quantitative estimate of drug-likeness (QED) is 0.208. The molecule has 0 radical (unpaired) electrons. The van der Waals surface area contributed by atoms with Gasteiger partial charge < -0.3 is 0 Å². The van der Waals surface area contributed by atoms with Crippen LogP contribution in [0.4, 0.5) is 0 Å². The lowest BCUT2D eigenvalue weighted by Crippen LogP contribution is -1.98. The fraction of sp³-hybridized carbons (Fsp3) is 0.0500. The molecule has 0 amide bonds. The van der Waals surface area contributed by atoms with Crippen LogP contribution in [0.2, 0.25) is 0 Å². The molecule has 0 nitrogen and oxygen atoms in total. The summed E-state index contributed by atoms with van der Waals surface area (Å²) in [5.41, 5.74) is 8.17. The first-order valence-corrected chi connectivity index (χ1v) is 14.2. The van der Waals surface area contributed by atoms with Gasteiger partial charge in [0, 0.05) is 0 Å². The van der Waals surface area contributed by atoms with Gasteiger partial charge in [0.1, 0.15) is 0 Å². The predicted molar refractivity (Wildman–Crippen MR) is 174 cm³/mol. The molecule has 0 heteroatoms. The Hall–Kier alpha value is -4.94. The van der Waals surface area contributed by atoms with Crippen LogP contribution >= 0.6 is 0 Å². The highest BCUT2D eigenvalue weighted by molar-refractivity contribution is 6.19. The first kappa shape index (κ1) is 23.0. The molecule has 0 saturated heterocycles. The largest absolute Gasteiger partial charge is 0.0616 e. The standard InChI is InChI=1S/C40H28/c1-2-12-31-26-32(25-20-27(31)10-1)40-37-17-7-5-15-35(37)39(36-16-6-8-18-38(36)40)30-23-21-29(22-24-30)34-19-9-13-28-11-3-4-14-33(28)34/h1-21,23,25-26H,22,24H2. The minimum absolute atomic E-state index is 1.03. The van der Waals surface area contributed by atoms with Gasteiger partial charge in [0.05, 0.1) is 0 Å². The summed E-state index contributed by atoms with van der Waals surface area (Å²) in [7, 11) is 0. The minimum Gasteiger partial charge on any atom is -0.0616 e. The third-order valence-corrected chi connectivity index (χ3v) is 8.58. The van der Waals surface area contributed by atoms with Crippen molar-refractivity contribution in [2.75, 3.05) is 0 Å². The van der Waals surface area contributed by atoms with Gasteiger partial charge in [-0.05, 0) is 95.4 Å². The second kappa shape index (κ2) is 9.36. The zero-order chi connectivity index (χ0) is 26.5. The lowest BCUT2D eigenvalue weighted by Gasteiger charge is -2.22. The molecule has 0 N–H and O–H groups in total. The molecule has 0 aliphatic heterocycles. The molecule has 0 unspecified atom stereocenters. The second-order valence-electron chi connectivity index (χ2n) is 10.8. The molecule has 0 atom stereocenters. The van der Waals surface area contributed by atoms with Crippen molar-refractivity contribution in [3.63, 3.8) is 0 Å². The Morgan fingerprint density at radius 2 is 0.875 bits per heavy atom. The molecular weight excluding hydrogens is 480 g/mol. The van der Waals surface area contributed by atoms with Crippen LogP contribution in [0.1, 0.15) is 24.0 Å². The smallest absolute Gasteiger partial charge is 0.00262 e. The molecule has 7 aromatic rings. The Kier molecular flexibility index (Phi) is 5.38. The van der Waals surface area contributed by atoms with E-state index in [1.807, 2.05) is 0 Å². The van der Waals surface area contributed by atoms with Crippen molar-refractivity contribution in [1.29, 1.82) is 0 Å². The van der Waals surface area contributed by atoms with Crippen molar-refractivity contribution in [3.8, 4) is 11.1 Å². The van der Waals surface area contributed by atoms with Crippen LogP contribution in [0.15, 0.2) is 146 Å². The van der Waals surface area contributed by atoms with Crippen LogP contribution in [0.25, 0.3) is 65.4 Å². The summed E-state index contributed by atoms with van der Waals surface area (Å²) in [4.78, 5) is 0. The Labute approximate surface area is 234 Å². The fourth-order valence-corrected chi connectivity index (χ4v) is 6.71. The number of hydrogen-bond donors (Lipinski definition) is 0. The number of fused-ring (bicyclic) bond motifs is 4. The minimum atomic E-state index is 1.03. The second-order valence-corrected chi connectivity index (χ2v) is 10.8. The van der Waals surface area contributed by atoms with Gasteiger partial charge in [0.25, 0.3) is 0 Å². The van der Waals surface area contributed by atoms with Crippen molar-refractivity contribution >= 4 is 54.2 Å². The lowest BCUT2D eigenvalue weighted by atomic mass is 9.82. The summed E-state index contributed by atoms with van der Waals surface area (Å²) >= 11 is 0. The van der Waals surface area contributed by atoms with Gasteiger partial charge in [-0.2, -0.15) is 0 Å². The van der Waals surface area contributed by atoms with Crippen LogP contribution in [0.3, 0.4) is 0 Å². The van der Waals surface area contributed by atoms with E-state index in [2.05, 4.69) is 146 Å². The molecule has 40 heavy (non-hydrogen) atoms. The first-order chi connectivity index (χ1) is 19.8. The Morgan fingerprint density at radius 1 is 0.350 bits per heavy atom. The van der Waals surface area contributed by atoms with Gasteiger partial charge in [-0.3, -0.25) is 0 Å². The number of hydrogen-bond acceptors (Lipinski definition) is 0. The molecule has 0 aromatic heterocycles. The zero-order valence-corrected chi connectivity index (χ0v) is 22.3. The van der Waals surface area contributed by atoms with Crippen molar-refractivity contribution in [2.24, 2.45) is 0 Å². The highest BCUT2D eigenvalue weighted by Crippen LogP contribution is 2.45. The Balaban J connectivity index is 1.35. The van der Waals surface area contributed by atoms with E-state index in [-0.39, 0.29) is 0 Å². The molecule has 8 rings (SSSR count). The third-order valence-electron chi connectivity index (χ3n) is 8.58. The van der Waals surface area contributed by atoms with E-state index < -0.39 is 0 Å². The van der Waals surface area contributed by atoms with Gasteiger partial charge in [-0.1, -0.05) is 140 Å². The number of benzene rings is 7. The Bertz CT molecular complexity index is 2090. The first-order valence-electron chi connectivity index (χ1n) is 14.2. The van der Waals surface area contributed by atoms with Gasteiger partial charge in [0.2, 0.25) is 0 Å². The average Bonchev–Trinajstić information content (AvgIpc) is 3.03. The highest BCUT2D eigenvalue weighted by Gasteiger charge is 2.19. The molecule has 0 bridgehead atoms. The molecule has 0 spiro atoms. The molecule has 0 fully saturated rings. The van der Waals surface area contributed by atoms with Gasteiger partial charge in [0.15, 0.2) is 0 Å². The maximum Gasteiger partial charge on any atom is -0.00262 e. The summed E-state index contributed by atoms with van der Waals surface area (Å²) in [6.45, 7) is 0. The van der Waals surface area contributed by atoms with Crippen LogP contribution in [-0.2, 0) is 0 Å². The SMILES string of the molecule is C1=C(c2cccc3ccccc23)CCC(c2c3ccccc3c(-c3ccc4ccccc4c3)c3ccccc23)=C1. The summed E-state index contributed by atoms with van der Waals surface area (Å²) in [6, 6.07) is 48.9. The molecule has 1 aliphatic rings. The number of allylic oxidation sites excluding steroid dienone is 4. The zero-order valence-electron chi connectivity index (χ0n) is 22.3.